The Hall–Kier alpha value is -1.39. The zero-order valence-corrected chi connectivity index (χ0v) is 12.7. The monoisotopic (exact) mass is 287 g/mol. The van der Waals surface area contributed by atoms with Crippen molar-refractivity contribution in [3.8, 4) is 0 Å². The van der Waals surface area contributed by atoms with E-state index in [1.807, 2.05) is 18.2 Å². The second-order valence-electron chi connectivity index (χ2n) is 6.46. The number of carbonyl (C=O) groups is 1. The summed E-state index contributed by atoms with van der Waals surface area (Å²) in [5, 5.41) is 3.10. The average Bonchev–Trinajstić information content (AvgIpc) is 2.66. The molecule has 21 heavy (non-hydrogen) atoms. The first-order chi connectivity index (χ1) is 10.2. The highest BCUT2D eigenvalue weighted by atomic mass is 16.2. The predicted octanol–water partition coefficient (Wildman–Crippen LogP) is 1.86. The summed E-state index contributed by atoms with van der Waals surface area (Å²) in [6.45, 7) is 4.95. The van der Waals surface area contributed by atoms with Gasteiger partial charge in [0.25, 0.3) is 0 Å². The smallest absolute Gasteiger partial charge is 0.241 e. The van der Waals surface area contributed by atoms with Gasteiger partial charge in [-0.15, -0.1) is 0 Å². The van der Waals surface area contributed by atoms with Gasteiger partial charge in [-0.05, 0) is 55.8 Å². The van der Waals surface area contributed by atoms with Crippen LogP contribution in [0.15, 0.2) is 24.3 Å². The van der Waals surface area contributed by atoms with Crippen LogP contribution in [0, 0.1) is 11.8 Å². The molecule has 1 saturated heterocycles. The number of nitrogens with one attached hydrogen (secondary N) is 1. The van der Waals surface area contributed by atoms with Crippen LogP contribution >= 0.6 is 0 Å². The van der Waals surface area contributed by atoms with E-state index in [9.17, 15) is 4.79 Å². The number of hydrogen-bond donors (Lipinski definition) is 2. The predicted molar refractivity (Wildman–Crippen MR) is 85.1 cm³/mol. The van der Waals surface area contributed by atoms with Crippen LogP contribution in [0.2, 0.25) is 0 Å². The molecule has 4 heteroatoms. The maximum absolute atomic E-state index is 12.6. The van der Waals surface area contributed by atoms with Crippen molar-refractivity contribution in [2.45, 2.75) is 32.2 Å². The molecule has 3 N–H and O–H groups in total. The molecule has 2 aliphatic heterocycles. The van der Waals surface area contributed by atoms with E-state index in [1.54, 1.807) is 0 Å². The molecule has 1 fully saturated rings. The van der Waals surface area contributed by atoms with Crippen molar-refractivity contribution in [1.29, 1.82) is 0 Å². The largest absolute Gasteiger partial charge is 0.330 e. The number of piperidine rings is 1. The van der Waals surface area contributed by atoms with E-state index < -0.39 is 0 Å². The highest BCUT2D eigenvalue weighted by molar-refractivity contribution is 5.96. The van der Waals surface area contributed by atoms with Crippen LogP contribution in [-0.4, -0.2) is 36.5 Å². The highest BCUT2D eigenvalue weighted by Crippen LogP contribution is 2.28. The molecule has 0 radical (unpaired) electrons. The quantitative estimate of drug-likeness (QED) is 0.873. The van der Waals surface area contributed by atoms with Crippen molar-refractivity contribution >= 4 is 11.6 Å². The number of hydrogen-bond acceptors (Lipinski definition) is 3. The van der Waals surface area contributed by atoms with E-state index in [0.717, 1.165) is 38.0 Å². The summed E-state index contributed by atoms with van der Waals surface area (Å²) in [7, 11) is 0. The van der Waals surface area contributed by atoms with E-state index in [-0.39, 0.29) is 11.9 Å². The summed E-state index contributed by atoms with van der Waals surface area (Å²) in [6, 6.07) is 8.11. The molecule has 0 saturated carbocycles. The first-order valence-corrected chi connectivity index (χ1v) is 8.02. The molecular weight excluding hydrogens is 262 g/mol. The Morgan fingerprint density at radius 3 is 2.95 bits per heavy atom. The minimum atomic E-state index is -0.0149. The third-order valence-electron chi connectivity index (χ3n) is 5.15. The number of rotatable bonds is 2. The first-order valence-electron chi connectivity index (χ1n) is 8.02. The van der Waals surface area contributed by atoms with Crippen LogP contribution in [0.5, 0.6) is 0 Å². The molecule has 2 aliphatic rings. The van der Waals surface area contributed by atoms with E-state index in [4.69, 9.17) is 5.73 Å². The van der Waals surface area contributed by atoms with Crippen LogP contribution in [0.3, 0.4) is 0 Å². The van der Waals surface area contributed by atoms with Gasteiger partial charge in [-0.1, -0.05) is 25.1 Å². The van der Waals surface area contributed by atoms with Gasteiger partial charge in [-0.2, -0.15) is 0 Å². The van der Waals surface area contributed by atoms with E-state index in [0.29, 0.717) is 18.4 Å². The number of carbonyl (C=O) groups excluding carboxylic acids is 1. The molecule has 4 nitrogen and oxygen atoms in total. The summed E-state index contributed by atoms with van der Waals surface area (Å²) in [5.41, 5.74) is 8.11. The lowest BCUT2D eigenvalue weighted by Crippen LogP contribution is -2.51. The molecule has 2 heterocycles. The normalized spacial score (nSPS) is 30.4. The van der Waals surface area contributed by atoms with Crippen molar-refractivity contribution in [3.05, 3.63) is 29.8 Å². The second-order valence-corrected chi connectivity index (χ2v) is 6.46. The first kappa shape index (κ1) is 14.5. The maximum atomic E-state index is 12.6. The Labute approximate surface area is 126 Å². The van der Waals surface area contributed by atoms with Crippen molar-refractivity contribution in [1.82, 2.24) is 4.90 Å². The molecule has 1 amide bonds. The lowest BCUT2D eigenvalue weighted by atomic mass is 9.86. The zero-order chi connectivity index (χ0) is 14.8. The van der Waals surface area contributed by atoms with E-state index >= 15 is 0 Å². The molecule has 0 spiro atoms. The van der Waals surface area contributed by atoms with Crippen LogP contribution in [0.1, 0.15) is 25.3 Å². The zero-order valence-electron chi connectivity index (χ0n) is 12.7. The number of aryl methyl sites for hydroxylation is 1. The van der Waals surface area contributed by atoms with Gasteiger partial charge in [0.2, 0.25) is 5.91 Å². The third-order valence-corrected chi connectivity index (χ3v) is 5.15. The topological polar surface area (TPSA) is 58.4 Å². The summed E-state index contributed by atoms with van der Waals surface area (Å²) >= 11 is 0. The highest BCUT2D eigenvalue weighted by Gasteiger charge is 2.34. The summed E-state index contributed by atoms with van der Waals surface area (Å²) in [5.74, 6) is 1.32. The summed E-state index contributed by atoms with van der Waals surface area (Å²) in [4.78, 5) is 14.9. The Kier molecular flexibility index (Phi) is 4.27. The van der Waals surface area contributed by atoms with Gasteiger partial charge in [0.1, 0.15) is 0 Å². The van der Waals surface area contributed by atoms with Crippen molar-refractivity contribution in [2.24, 2.45) is 17.6 Å². The fraction of sp³-hybridized carbons (Fsp3) is 0.588. The standard InChI is InChI=1S/C17H25N3O/c1-12-8-9-20(11-14(12)10-18)16-7-6-13-4-2-3-5-15(13)19-17(16)21/h2-5,12,14,16H,6-11,18H2,1H3,(H,19,21). The number of anilines is 1. The van der Waals surface area contributed by atoms with Crippen molar-refractivity contribution < 1.29 is 4.79 Å². The number of likely N-dealkylation sites (tertiary alicyclic amines) is 1. The fourth-order valence-corrected chi connectivity index (χ4v) is 3.62. The van der Waals surface area contributed by atoms with E-state index in [1.165, 1.54) is 5.56 Å². The Morgan fingerprint density at radius 2 is 2.14 bits per heavy atom. The number of amides is 1. The lowest BCUT2D eigenvalue weighted by molar-refractivity contribution is -0.122. The molecule has 3 atom stereocenters. The second kappa shape index (κ2) is 6.16. The molecule has 114 valence electrons. The molecule has 3 unspecified atom stereocenters. The third kappa shape index (κ3) is 2.97. The molecule has 3 rings (SSSR count). The van der Waals surface area contributed by atoms with Gasteiger partial charge < -0.3 is 11.1 Å². The van der Waals surface area contributed by atoms with Crippen molar-refractivity contribution in [2.75, 3.05) is 25.0 Å². The fourth-order valence-electron chi connectivity index (χ4n) is 3.62. The average molecular weight is 287 g/mol. The summed E-state index contributed by atoms with van der Waals surface area (Å²) < 4.78 is 0. The van der Waals surface area contributed by atoms with Gasteiger partial charge >= 0.3 is 0 Å². The van der Waals surface area contributed by atoms with Crippen LogP contribution in [0.4, 0.5) is 5.69 Å². The molecule has 1 aromatic rings. The van der Waals surface area contributed by atoms with Crippen LogP contribution in [-0.2, 0) is 11.2 Å². The van der Waals surface area contributed by atoms with Gasteiger partial charge in [0.05, 0.1) is 6.04 Å². The number of nitrogens with zero attached hydrogens (tertiary/aromatic N) is 1. The van der Waals surface area contributed by atoms with Gasteiger partial charge in [-0.3, -0.25) is 9.69 Å². The SMILES string of the molecule is CC1CCN(C2CCc3ccccc3NC2=O)CC1CN. The number of fused-ring (bicyclic) bond motifs is 1. The Bertz CT molecular complexity index is 517. The lowest BCUT2D eigenvalue weighted by Gasteiger charge is -2.40. The molecular formula is C17H25N3O. The molecule has 0 bridgehead atoms. The Morgan fingerprint density at radius 1 is 1.33 bits per heavy atom. The van der Waals surface area contributed by atoms with Crippen LogP contribution < -0.4 is 11.1 Å². The number of nitrogens with two attached hydrogens (primary N) is 1. The molecule has 0 aliphatic carbocycles. The van der Waals surface area contributed by atoms with Crippen molar-refractivity contribution in [3.63, 3.8) is 0 Å². The molecule has 0 aromatic heterocycles. The molecule has 1 aromatic carbocycles. The minimum absolute atomic E-state index is 0.0149. The maximum Gasteiger partial charge on any atom is 0.241 e. The van der Waals surface area contributed by atoms with E-state index in [2.05, 4.69) is 23.2 Å². The number of benzene rings is 1. The van der Waals surface area contributed by atoms with Gasteiger partial charge in [-0.25, -0.2) is 0 Å². The Balaban J connectivity index is 1.74. The van der Waals surface area contributed by atoms with Crippen LogP contribution in [0.25, 0.3) is 0 Å². The van der Waals surface area contributed by atoms with Gasteiger partial charge in [0.15, 0.2) is 0 Å². The minimum Gasteiger partial charge on any atom is -0.330 e. The summed E-state index contributed by atoms with van der Waals surface area (Å²) in [6.07, 6.45) is 2.99. The number of para-hydroxylation sites is 1. The van der Waals surface area contributed by atoms with Gasteiger partial charge in [0, 0.05) is 12.2 Å².